The van der Waals surface area contributed by atoms with Crippen molar-refractivity contribution in [3.63, 3.8) is 0 Å². The quantitative estimate of drug-likeness (QED) is 0.880. The summed E-state index contributed by atoms with van der Waals surface area (Å²) in [7, 11) is 1.73. The Morgan fingerprint density at radius 3 is 2.45 bits per heavy atom. The fourth-order valence-corrected chi connectivity index (χ4v) is 1.97. The van der Waals surface area contributed by atoms with Crippen molar-refractivity contribution in [2.24, 2.45) is 5.73 Å². The number of amides is 2. The maximum atomic E-state index is 12.3. The van der Waals surface area contributed by atoms with Crippen LogP contribution in [0.2, 0.25) is 0 Å². The first-order chi connectivity index (χ1) is 10.5. The number of ether oxygens (including phenoxy) is 1. The van der Waals surface area contributed by atoms with Gasteiger partial charge in [0.25, 0.3) is 11.8 Å². The maximum Gasteiger partial charge on any atom is 0.255 e. The molecule has 1 heterocycles. The first-order valence-corrected chi connectivity index (χ1v) is 6.77. The van der Waals surface area contributed by atoms with Crippen LogP contribution in [0.25, 0.3) is 0 Å². The molecule has 6 heteroatoms. The number of carbonyl (C=O) groups is 2. The third-order valence-electron chi connectivity index (χ3n) is 3.20. The molecular formula is C16H18N2O4. The van der Waals surface area contributed by atoms with E-state index < -0.39 is 5.91 Å². The summed E-state index contributed by atoms with van der Waals surface area (Å²) in [6.07, 6.45) is 1.61. The van der Waals surface area contributed by atoms with E-state index in [4.69, 9.17) is 14.9 Å². The second-order valence-corrected chi connectivity index (χ2v) is 4.94. The molecule has 2 amide bonds. The molecule has 116 valence electrons. The minimum Gasteiger partial charge on any atom is -0.484 e. The molecule has 0 saturated heterocycles. The summed E-state index contributed by atoms with van der Waals surface area (Å²) < 4.78 is 10.4. The second-order valence-electron chi connectivity index (χ2n) is 4.94. The van der Waals surface area contributed by atoms with E-state index in [-0.39, 0.29) is 12.5 Å². The van der Waals surface area contributed by atoms with Crippen molar-refractivity contribution in [2.75, 3.05) is 13.7 Å². The largest absolute Gasteiger partial charge is 0.484 e. The number of furan rings is 1. The molecule has 0 radical (unpaired) electrons. The number of aryl methyl sites for hydroxylation is 1. The Balaban J connectivity index is 1.99. The van der Waals surface area contributed by atoms with Crippen molar-refractivity contribution >= 4 is 11.8 Å². The van der Waals surface area contributed by atoms with E-state index in [2.05, 4.69) is 0 Å². The smallest absolute Gasteiger partial charge is 0.255 e. The lowest BCUT2D eigenvalue weighted by molar-refractivity contribution is -0.119. The van der Waals surface area contributed by atoms with Crippen molar-refractivity contribution in [3.05, 3.63) is 53.5 Å². The molecule has 22 heavy (non-hydrogen) atoms. The molecule has 0 atom stereocenters. The maximum absolute atomic E-state index is 12.3. The van der Waals surface area contributed by atoms with E-state index in [1.807, 2.05) is 13.0 Å². The summed E-state index contributed by atoms with van der Waals surface area (Å²) in [5.41, 5.74) is 6.51. The molecular weight excluding hydrogens is 284 g/mol. The molecule has 0 spiro atoms. The van der Waals surface area contributed by atoms with Crippen LogP contribution in [0, 0.1) is 6.92 Å². The van der Waals surface area contributed by atoms with E-state index in [9.17, 15) is 9.59 Å². The van der Waals surface area contributed by atoms with Crippen molar-refractivity contribution in [2.45, 2.75) is 13.5 Å². The Kier molecular flexibility index (Phi) is 4.83. The molecule has 2 aromatic rings. The van der Waals surface area contributed by atoms with Gasteiger partial charge in [-0.05, 0) is 37.3 Å². The number of nitrogens with zero attached hydrogens (tertiary/aromatic N) is 1. The van der Waals surface area contributed by atoms with Crippen LogP contribution in [0.5, 0.6) is 5.75 Å². The topological polar surface area (TPSA) is 85.8 Å². The third kappa shape index (κ3) is 3.88. The number of nitrogens with two attached hydrogens (primary N) is 1. The molecule has 2 rings (SSSR count). The average molecular weight is 302 g/mol. The van der Waals surface area contributed by atoms with Gasteiger partial charge in [-0.25, -0.2) is 0 Å². The highest BCUT2D eigenvalue weighted by Crippen LogP contribution is 2.16. The Bertz CT molecular complexity index is 661. The van der Waals surface area contributed by atoms with Gasteiger partial charge in [0, 0.05) is 24.7 Å². The van der Waals surface area contributed by atoms with Gasteiger partial charge in [-0.1, -0.05) is 0 Å². The van der Waals surface area contributed by atoms with Gasteiger partial charge in [0.2, 0.25) is 0 Å². The van der Waals surface area contributed by atoms with E-state index >= 15 is 0 Å². The first-order valence-electron chi connectivity index (χ1n) is 6.77. The summed E-state index contributed by atoms with van der Waals surface area (Å²) in [4.78, 5) is 24.6. The number of hydrogen-bond acceptors (Lipinski definition) is 4. The standard InChI is InChI=1S/C16H18N2O4/c1-11-13(7-8-21-11)9-18(2)16(20)12-3-5-14(6-4-12)22-10-15(17)19/h3-8H,9-10H2,1-2H3,(H2,17,19). The van der Waals surface area contributed by atoms with Crippen LogP contribution in [0.15, 0.2) is 41.0 Å². The Morgan fingerprint density at radius 2 is 1.91 bits per heavy atom. The minimum atomic E-state index is -0.546. The zero-order valence-electron chi connectivity index (χ0n) is 12.5. The monoisotopic (exact) mass is 302 g/mol. The highest BCUT2D eigenvalue weighted by Gasteiger charge is 2.14. The summed E-state index contributed by atoms with van der Waals surface area (Å²) >= 11 is 0. The summed E-state index contributed by atoms with van der Waals surface area (Å²) in [5.74, 6) is 0.635. The molecule has 0 aliphatic rings. The summed E-state index contributed by atoms with van der Waals surface area (Å²) in [6, 6.07) is 8.41. The SMILES string of the molecule is Cc1occc1CN(C)C(=O)c1ccc(OCC(N)=O)cc1. The molecule has 1 aromatic carbocycles. The predicted molar refractivity (Wildman–Crippen MR) is 80.4 cm³/mol. The van der Waals surface area contributed by atoms with Gasteiger partial charge < -0.3 is 19.8 Å². The van der Waals surface area contributed by atoms with Crippen LogP contribution in [-0.2, 0) is 11.3 Å². The van der Waals surface area contributed by atoms with Crippen LogP contribution in [0.4, 0.5) is 0 Å². The van der Waals surface area contributed by atoms with Crippen LogP contribution in [-0.4, -0.2) is 30.4 Å². The van der Waals surface area contributed by atoms with E-state index in [0.717, 1.165) is 11.3 Å². The fourth-order valence-electron chi connectivity index (χ4n) is 1.97. The van der Waals surface area contributed by atoms with Crippen molar-refractivity contribution < 1.29 is 18.7 Å². The zero-order chi connectivity index (χ0) is 16.1. The molecule has 0 aliphatic carbocycles. The zero-order valence-corrected chi connectivity index (χ0v) is 12.5. The number of hydrogen-bond donors (Lipinski definition) is 1. The molecule has 0 unspecified atom stereocenters. The van der Waals surface area contributed by atoms with Gasteiger partial charge in [0.05, 0.1) is 6.26 Å². The molecule has 0 saturated carbocycles. The van der Waals surface area contributed by atoms with Gasteiger partial charge in [-0.15, -0.1) is 0 Å². The number of benzene rings is 1. The lowest BCUT2D eigenvalue weighted by Crippen LogP contribution is -2.26. The van der Waals surface area contributed by atoms with Crippen LogP contribution in [0.1, 0.15) is 21.7 Å². The van der Waals surface area contributed by atoms with Gasteiger partial charge >= 0.3 is 0 Å². The molecule has 0 fully saturated rings. The molecule has 0 aliphatic heterocycles. The third-order valence-corrected chi connectivity index (χ3v) is 3.20. The van der Waals surface area contributed by atoms with Crippen molar-refractivity contribution in [1.29, 1.82) is 0 Å². The summed E-state index contributed by atoms with van der Waals surface area (Å²) in [6.45, 7) is 2.15. The fraction of sp³-hybridized carbons (Fsp3) is 0.250. The Labute approximate surface area is 128 Å². The van der Waals surface area contributed by atoms with E-state index in [0.29, 0.717) is 17.9 Å². The van der Waals surface area contributed by atoms with Crippen molar-refractivity contribution in [1.82, 2.24) is 4.90 Å². The van der Waals surface area contributed by atoms with Gasteiger partial charge in [-0.3, -0.25) is 9.59 Å². The lowest BCUT2D eigenvalue weighted by Gasteiger charge is -2.17. The van der Waals surface area contributed by atoms with Crippen LogP contribution in [0.3, 0.4) is 0 Å². The van der Waals surface area contributed by atoms with Gasteiger partial charge in [0.1, 0.15) is 11.5 Å². The lowest BCUT2D eigenvalue weighted by atomic mass is 10.1. The predicted octanol–water partition coefficient (Wildman–Crippen LogP) is 1.72. The molecule has 6 nitrogen and oxygen atoms in total. The number of primary amides is 1. The number of rotatable bonds is 6. The second kappa shape index (κ2) is 6.80. The van der Waals surface area contributed by atoms with Gasteiger partial charge in [-0.2, -0.15) is 0 Å². The van der Waals surface area contributed by atoms with Crippen LogP contribution >= 0.6 is 0 Å². The van der Waals surface area contributed by atoms with Crippen molar-refractivity contribution in [3.8, 4) is 5.75 Å². The van der Waals surface area contributed by atoms with Gasteiger partial charge in [0.15, 0.2) is 6.61 Å². The Morgan fingerprint density at radius 1 is 1.23 bits per heavy atom. The summed E-state index contributed by atoms with van der Waals surface area (Å²) in [5, 5.41) is 0. The van der Waals surface area contributed by atoms with E-state index in [1.54, 1.807) is 42.5 Å². The Hall–Kier alpha value is -2.76. The molecule has 2 N–H and O–H groups in total. The van der Waals surface area contributed by atoms with E-state index in [1.165, 1.54) is 0 Å². The molecule has 0 bridgehead atoms. The number of carbonyl (C=O) groups excluding carboxylic acids is 2. The molecule has 1 aromatic heterocycles. The highest BCUT2D eigenvalue weighted by molar-refractivity contribution is 5.94. The minimum absolute atomic E-state index is 0.109. The van der Waals surface area contributed by atoms with Crippen LogP contribution < -0.4 is 10.5 Å². The average Bonchev–Trinajstić information content (AvgIpc) is 2.90. The first kappa shape index (κ1) is 15.6. The normalized spacial score (nSPS) is 10.3. The highest BCUT2D eigenvalue weighted by atomic mass is 16.5.